The van der Waals surface area contributed by atoms with Gasteiger partial charge in [-0.3, -0.25) is 0 Å². The highest BCUT2D eigenvalue weighted by atomic mass is 32.2. The Morgan fingerprint density at radius 1 is 1.26 bits per heavy atom. The van der Waals surface area contributed by atoms with Gasteiger partial charge in [-0.2, -0.15) is 18.2 Å². The van der Waals surface area contributed by atoms with Crippen LogP contribution in [0.15, 0.2) is 33.7 Å². The molecular weight excluding hydrogens is 337 g/mol. The average molecular weight is 350 g/mol. The molecule has 11 heteroatoms. The molecule has 0 amide bonds. The van der Waals surface area contributed by atoms with Crippen molar-refractivity contribution in [2.75, 3.05) is 24.3 Å². The molecule has 1 heterocycles. The number of benzene rings is 1. The standard InChI is InChI=1S/C12H13F3N4O3S/c1-19(2)11-17-10(22-18-11)7-16-8-5-3-4-6-9(8)23(20,21)12(13,14)15/h3-6,16H,7H2,1-2H3. The van der Waals surface area contributed by atoms with Crippen LogP contribution in [0.25, 0.3) is 0 Å². The highest BCUT2D eigenvalue weighted by molar-refractivity contribution is 7.92. The summed E-state index contributed by atoms with van der Waals surface area (Å²) in [6.45, 7) is -0.120. The topological polar surface area (TPSA) is 88.3 Å². The van der Waals surface area contributed by atoms with Crippen molar-refractivity contribution in [1.82, 2.24) is 10.1 Å². The van der Waals surface area contributed by atoms with Crippen molar-refractivity contribution in [3.8, 4) is 0 Å². The first-order chi connectivity index (χ1) is 10.6. The van der Waals surface area contributed by atoms with Gasteiger partial charge in [-0.1, -0.05) is 12.1 Å². The highest BCUT2D eigenvalue weighted by Crippen LogP contribution is 2.34. The van der Waals surface area contributed by atoms with Crippen LogP contribution in [0.1, 0.15) is 5.89 Å². The largest absolute Gasteiger partial charge is 0.501 e. The molecule has 0 aliphatic carbocycles. The summed E-state index contributed by atoms with van der Waals surface area (Å²) in [5.74, 6) is 0.394. The molecule has 0 aliphatic heterocycles. The van der Waals surface area contributed by atoms with Gasteiger partial charge in [0.1, 0.15) is 0 Å². The third kappa shape index (κ3) is 3.55. The lowest BCUT2D eigenvalue weighted by Crippen LogP contribution is -2.24. The zero-order chi connectivity index (χ0) is 17.3. The molecule has 7 nitrogen and oxygen atoms in total. The van der Waals surface area contributed by atoms with Crippen LogP contribution in [0.4, 0.5) is 24.8 Å². The van der Waals surface area contributed by atoms with Crippen molar-refractivity contribution in [3.05, 3.63) is 30.2 Å². The Morgan fingerprint density at radius 2 is 1.91 bits per heavy atom. The van der Waals surface area contributed by atoms with E-state index in [9.17, 15) is 21.6 Å². The molecule has 0 bridgehead atoms. The van der Waals surface area contributed by atoms with Crippen molar-refractivity contribution in [1.29, 1.82) is 0 Å². The summed E-state index contributed by atoms with van der Waals surface area (Å²) in [4.78, 5) is 4.70. The van der Waals surface area contributed by atoms with Crippen molar-refractivity contribution < 1.29 is 26.1 Å². The number of sulfone groups is 1. The van der Waals surface area contributed by atoms with E-state index in [-0.39, 0.29) is 24.1 Å². The Hall–Kier alpha value is -2.30. The van der Waals surface area contributed by atoms with Crippen molar-refractivity contribution in [3.63, 3.8) is 0 Å². The van der Waals surface area contributed by atoms with E-state index in [1.54, 1.807) is 19.0 Å². The lowest BCUT2D eigenvalue weighted by molar-refractivity contribution is -0.0435. The zero-order valence-electron chi connectivity index (χ0n) is 12.1. The first-order valence-corrected chi connectivity index (χ1v) is 7.75. The maximum Gasteiger partial charge on any atom is 0.501 e. The number of hydrogen-bond acceptors (Lipinski definition) is 7. The predicted molar refractivity (Wildman–Crippen MR) is 75.6 cm³/mol. The van der Waals surface area contributed by atoms with Gasteiger partial charge in [0.2, 0.25) is 5.89 Å². The van der Waals surface area contributed by atoms with Gasteiger partial charge in [0, 0.05) is 14.1 Å². The Kier molecular flexibility index (Phi) is 4.50. The number of halogens is 3. The van der Waals surface area contributed by atoms with E-state index < -0.39 is 20.2 Å². The van der Waals surface area contributed by atoms with Gasteiger partial charge in [0.05, 0.1) is 17.1 Å². The molecular formula is C12H13F3N4O3S. The molecule has 1 aromatic heterocycles. The second-order valence-electron chi connectivity index (χ2n) is 4.68. The fraction of sp³-hybridized carbons (Fsp3) is 0.333. The van der Waals surface area contributed by atoms with Crippen LogP contribution in [0.3, 0.4) is 0 Å². The van der Waals surface area contributed by atoms with Crippen LogP contribution >= 0.6 is 0 Å². The van der Waals surface area contributed by atoms with Crippen LogP contribution in [-0.2, 0) is 16.4 Å². The second kappa shape index (κ2) is 6.07. The number of nitrogens with zero attached hydrogens (tertiary/aromatic N) is 3. The van der Waals surface area contributed by atoms with Gasteiger partial charge in [0.25, 0.3) is 15.8 Å². The smallest absolute Gasteiger partial charge is 0.375 e. The lowest BCUT2D eigenvalue weighted by atomic mass is 10.3. The molecule has 0 saturated carbocycles. The molecule has 0 unspecified atom stereocenters. The number of anilines is 2. The van der Waals surface area contributed by atoms with E-state index in [0.717, 1.165) is 6.07 Å². The molecule has 2 aromatic rings. The number of nitrogens with one attached hydrogen (secondary N) is 1. The molecule has 1 N–H and O–H groups in total. The normalized spacial score (nSPS) is 12.2. The summed E-state index contributed by atoms with van der Waals surface area (Å²) in [6, 6.07) is 4.73. The molecule has 0 spiro atoms. The molecule has 0 atom stereocenters. The third-order valence-corrected chi connectivity index (χ3v) is 4.31. The third-order valence-electron chi connectivity index (χ3n) is 2.77. The van der Waals surface area contributed by atoms with Crippen molar-refractivity contribution >= 4 is 21.5 Å². The Balaban J connectivity index is 2.24. The van der Waals surface area contributed by atoms with Gasteiger partial charge in [-0.05, 0) is 17.3 Å². The molecule has 0 saturated heterocycles. The average Bonchev–Trinajstić information content (AvgIpc) is 2.93. The Labute approximate surface area is 130 Å². The zero-order valence-corrected chi connectivity index (χ0v) is 12.9. The molecule has 0 radical (unpaired) electrons. The monoisotopic (exact) mass is 350 g/mol. The fourth-order valence-corrected chi connectivity index (χ4v) is 2.58. The predicted octanol–water partition coefficient (Wildman–Crippen LogP) is 2.04. The summed E-state index contributed by atoms with van der Waals surface area (Å²) in [6.07, 6.45) is 0. The number of aromatic nitrogens is 2. The maximum atomic E-state index is 12.7. The van der Waals surface area contributed by atoms with Crippen LogP contribution in [-0.4, -0.2) is 38.2 Å². The summed E-state index contributed by atoms with van der Waals surface area (Å²) in [5, 5.41) is 6.21. The number of alkyl halides is 3. The van der Waals surface area contributed by atoms with Gasteiger partial charge < -0.3 is 14.7 Å². The van der Waals surface area contributed by atoms with Gasteiger partial charge in [0.15, 0.2) is 0 Å². The second-order valence-corrected chi connectivity index (χ2v) is 6.59. The molecule has 0 aliphatic rings. The van der Waals surface area contributed by atoms with Gasteiger partial charge in [-0.15, -0.1) is 0 Å². The fourth-order valence-electron chi connectivity index (χ4n) is 1.64. The number of para-hydroxylation sites is 1. The summed E-state index contributed by atoms with van der Waals surface area (Å²) < 4.78 is 66.1. The number of rotatable bonds is 5. The van der Waals surface area contributed by atoms with Crippen LogP contribution < -0.4 is 10.2 Å². The molecule has 1 aromatic carbocycles. The first kappa shape index (κ1) is 17.1. The molecule has 23 heavy (non-hydrogen) atoms. The summed E-state index contributed by atoms with van der Waals surface area (Å²) in [5.41, 5.74) is -5.58. The quantitative estimate of drug-likeness (QED) is 0.883. The molecule has 126 valence electrons. The van der Waals surface area contributed by atoms with E-state index in [1.807, 2.05) is 0 Å². The molecule has 2 rings (SSSR count). The maximum absolute atomic E-state index is 12.7. The van der Waals surface area contributed by atoms with Crippen LogP contribution in [0, 0.1) is 0 Å². The first-order valence-electron chi connectivity index (χ1n) is 6.27. The van der Waals surface area contributed by atoms with E-state index >= 15 is 0 Å². The Bertz CT molecular complexity index is 787. The van der Waals surface area contributed by atoms with E-state index in [4.69, 9.17) is 4.52 Å². The van der Waals surface area contributed by atoms with Crippen molar-refractivity contribution in [2.45, 2.75) is 16.9 Å². The minimum absolute atomic E-state index is 0.105. The SMILES string of the molecule is CN(C)c1noc(CNc2ccccc2S(=O)(=O)C(F)(F)F)n1. The number of hydrogen-bond donors (Lipinski definition) is 1. The highest BCUT2D eigenvalue weighted by Gasteiger charge is 2.47. The summed E-state index contributed by atoms with van der Waals surface area (Å²) in [7, 11) is -2.08. The minimum Gasteiger partial charge on any atom is -0.375 e. The Morgan fingerprint density at radius 3 is 2.48 bits per heavy atom. The van der Waals surface area contributed by atoms with E-state index in [0.29, 0.717) is 0 Å². The van der Waals surface area contributed by atoms with Crippen LogP contribution in [0.2, 0.25) is 0 Å². The minimum atomic E-state index is -5.46. The molecule has 0 fully saturated rings. The van der Waals surface area contributed by atoms with Crippen molar-refractivity contribution in [2.24, 2.45) is 0 Å². The van der Waals surface area contributed by atoms with Gasteiger partial charge >= 0.3 is 5.51 Å². The lowest BCUT2D eigenvalue weighted by Gasteiger charge is -2.13. The van der Waals surface area contributed by atoms with Gasteiger partial charge in [-0.25, -0.2) is 8.42 Å². The van der Waals surface area contributed by atoms with E-state index in [2.05, 4.69) is 15.5 Å². The summed E-state index contributed by atoms with van der Waals surface area (Å²) >= 11 is 0. The van der Waals surface area contributed by atoms with E-state index in [1.165, 1.54) is 18.2 Å². The van der Waals surface area contributed by atoms with Crippen LogP contribution in [0.5, 0.6) is 0 Å².